The van der Waals surface area contributed by atoms with Crippen molar-refractivity contribution in [2.75, 3.05) is 82.4 Å². The van der Waals surface area contributed by atoms with Gasteiger partial charge in [0.05, 0.1) is 6.61 Å². The Morgan fingerprint density at radius 1 is 1.27 bits per heavy atom. The van der Waals surface area contributed by atoms with E-state index in [1.165, 1.54) is 11.6 Å². The second-order valence-electron chi connectivity index (χ2n) is 11.5. The van der Waals surface area contributed by atoms with Gasteiger partial charge in [-0.05, 0) is 51.8 Å². The summed E-state index contributed by atoms with van der Waals surface area (Å²) in [6.07, 6.45) is 1.58. The summed E-state index contributed by atoms with van der Waals surface area (Å²) in [5.41, 5.74) is 3.47. The van der Waals surface area contributed by atoms with Crippen LogP contribution < -0.4 is 25.8 Å². The molecule has 9 nitrogen and oxygen atoms in total. The van der Waals surface area contributed by atoms with Crippen molar-refractivity contribution in [3.63, 3.8) is 0 Å². The molecule has 4 rings (SSSR count). The molecule has 3 N–H and O–H groups in total. The van der Waals surface area contributed by atoms with Crippen molar-refractivity contribution in [2.24, 2.45) is 0 Å². The standard InChI is InChI=1S/C31H49F2N7O2.C2H6/c1-6-9-24-25(40-20-23(21-40)35-12-16-38(8-3)27(41)7-2)18-26(37-28(24)30(32)33)39-14-10-31(11-15-39)29(22(4)19-34-5)36-13-17-42-31;1-2/h7,18,23,30,34-36H,2,6,8-17,19-21H2,1,3-5H3;1-2H3/b29-22-;. The van der Waals surface area contributed by atoms with Crippen molar-refractivity contribution in [3.05, 3.63) is 41.2 Å². The minimum atomic E-state index is -2.64. The molecule has 1 spiro atoms. The molecule has 0 radical (unpaired) electrons. The Labute approximate surface area is 263 Å². The minimum Gasteiger partial charge on any atom is -0.384 e. The second kappa shape index (κ2) is 17.1. The van der Waals surface area contributed by atoms with Gasteiger partial charge in [0.2, 0.25) is 5.91 Å². The summed E-state index contributed by atoms with van der Waals surface area (Å²) in [7, 11) is 1.94. The van der Waals surface area contributed by atoms with Crippen molar-refractivity contribution >= 4 is 17.4 Å². The van der Waals surface area contributed by atoms with E-state index in [1.54, 1.807) is 4.90 Å². The van der Waals surface area contributed by atoms with Gasteiger partial charge in [-0.1, -0.05) is 33.8 Å². The molecule has 3 saturated heterocycles. The quantitative estimate of drug-likeness (QED) is 0.283. The first-order chi connectivity index (χ1) is 21.3. The zero-order valence-electron chi connectivity index (χ0n) is 27.8. The van der Waals surface area contributed by atoms with Crippen LogP contribution in [0.5, 0.6) is 0 Å². The van der Waals surface area contributed by atoms with Crippen molar-refractivity contribution in [1.82, 2.24) is 25.8 Å². The van der Waals surface area contributed by atoms with Gasteiger partial charge in [0.15, 0.2) is 0 Å². The number of anilines is 2. The summed E-state index contributed by atoms with van der Waals surface area (Å²) < 4.78 is 35.2. The first-order valence-corrected chi connectivity index (χ1v) is 16.5. The number of amides is 1. The zero-order valence-corrected chi connectivity index (χ0v) is 27.8. The number of piperidine rings is 1. The maximum atomic E-state index is 14.4. The van der Waals surface area contributed by atoms with Crippen LogP contribution in [0.2, 0.25) is 0 Å². The monoisotopic (exact) mass is 619 g/mol. The second-order valence-corrected chi connectivity index (χ2v) is 11.5. The van der Waals surface area contributed by atoms with Gasteiger partial charge in [0, 0.05) is 88.0 Å². The number of rotatable bonds is 13. The van der Waals surface area contributed by atoms with Crippen LogP contribution in [-0.2, 0) is 16.0 Å². The van der Waals surface area contributed by atoms with E-state index in [4.69, 9.17) is 4.74 Å². The molecule has 3 fully saturated rings. The number of ether oxygens (including phenoxy) is 1. The third-order valence-electron chi connectivity index (χ3n) is 8.73. The first-order valence-electron chi connectivity index (χ1n) is 16.5. The summed E-state index contributed by atoms with van der Waals surface area (Å²) in [5, 5.41) is 10.3. The lowest BCUT2D eigenvalue weighted by Crippen LogP contribution is -2.59. The molecule has 1 aromatic rings. The Morgan fingerprint density at radius 3 is 2.57 bits per heavy atom. The highest BCUT2D eigenvalue weighted by Gasteiger charge is 2.42. The maximum absolute atomic E-state index is 14.4. The highest BCUT2D eigenvalue weighted by Crippen LogP contribution is 2.40. The number of carbonyl (C=O) groups excluding carboxylic acids is 1. The van der Waals surface area contributed by atoms with Gasteiger partial charge >= 0.3 is 0 Å². The predicted octanol–water partition coefficient (Wildman–Crippen LogP) is 4.26. The largest absolute Gasteiger partial charge is 0.384 e. The molecular weight excluding hydrogens is 564 g/mol. The number of likely N-dealkylation sites (N-methyl/N-ethyl adjacent to an activating group) is 2. The van der Waals surface area contributed by atoms with Crippen LogP contribution >= 0.6 is 0 Å². The van der Waals surface area contributed by atoms with E-state index in [1.807, 2.05) is 40.8 Å². The average molecular weight is 620 g/mol. The number of morpholine rings is 1. The van der Waals surface area contributed by atoms with Crippen LogP contribution in [0.15, 0.2) is 30.0 Å². The third-order valence-corrected chi connectivity index (χ3v) is 8.73. The first kappa shape index (κ1) is 35.7. The molecule has 3 aliphatic rings. The van der Waals surface area contributed by atoms with E-state index >= 15 is 0 Å². The molecule has 0 bridgehead atoms. The van der Waals surface area contributed by atoms with E-state index in [-0.39, 0.29) is 23.2 Å². The van der Waals surface area contributed by atoms with E-state index in [0.717, 1.165) is 56.8 Å². The van der Waals surface area contributed by atoms with Crippen LogP contribution in [0.3, 0.4) is 0 Å². The molecule has 248 valence electrons. The van der Waals surface area contributed by atoms with Crippen LogP contribution in [0, 0.1) is 0 Å². The zero-order chi connectivity index (χ0) is 32.3. The number of hydrogen-bond acceptors (Lipinski definition) is 8. The van der Waals surface area contributed by atoms with Crippen LogP contribution in [0.4, 0.5) is 20.3 Å². The fourth-order valence-electron chi connectivity index (χ4n) is 6.50. The lowest BCUT2D eigenvalue weighted by molar-refractivity contribution is -0.125. The number of carbonyl (C=O) groups is 1. The molecule has 0 unspecified atom stereocenters. The van der Waals surface area contributed by atoms with Crippen LogP contribution in [0.25, 0.3) is 0 Å². The number of pyridine rings is 1. The molecule has 11 heteroatoms. The van der Waals surface area contributed by atoms with Crippen molar-refractivity contribution in [2.45, 2.75) is 78.4 Å². The summed E-state index contributed by atoms with van der Waals surface area (Å²) in [4.78, 5) is 22.6. The Morgan fingerprint density at radius 2 is 1.98 bits per heavy atom. The average Bonchev–Trinajstić information content (AvgIpc) is 3.02. The maximum Gasteiger partial charge on any atom is 0.280 e. The SMILES string of the molecule is C=CC(=O)N(CC)CCNC1CN(c2cc(N3CCC4(CC3)OCCN/C4=C(/C)CNC)nc(C(F)F)c2CCC)C1.CC. The fraction of sp³-hybridized carbons (Fsp3) is 0.697. The molecule has 0 saturated carbocycles. The fourth-order valence-corrected chi connectivity index (χ4v) is 6.50. The van der Waals surface area contributed by atoms with E-state index < -0.39 is 6.43 Å². The molecule has 1 amide bonds. The number of nitrogens with zero attached hydrogens (tertiary/aromatic N) is 4. The highest BCUT2D eigenvalue weighted by atomic mass is 19.3. The van der Waals surface area contributed by atoms with Gasteiger partial charge in [0.25, 0.3) is 6.43 Å². The normalized spacial score (nSPS) is 19.2. The molecule has 1 aromatic heterocycles. The van der Waals surface area contributed by atoms with E-state index in [9.17, 15) is 13.6 Å². The molecule has 0 atom stereocenters. The predicted molar refractivity (Wildman–Crippen MR) is 176 cm³/mol. The van der Waals surface area contributed by atoms with Crippen LogP contribution in [0.1, 0.15) is 71.6 Å². The molecule has 0 aromatic carbocycles. The number of halogens is 2. The summed E-state index contributed by atoms with van der Waals surface area (Å²) >= 11 is 0. The molecule has 44 heavy (non-hydrogen) atoms. The lowest BCUT2D eigenvalue weighted by Gasteiger charge is -2.47. The van der Waals surface area contributed by atoms with Gasteiger partial charge in [-0.15, -0.1) is 0 Å². The number of alkyl halides is 2. The molecule has 3 aliphatic heterocycles. The van der Waals surface area contributed by atoms with Gasteiger partial charge in [-0.25, -0.2) is 13.8 Å². The Balaban J connectivity index is 0.00000259. The summed E-state index contributed by atoms with van der Waals surface area (Å²) in [5.74, 6) is 0.548. The summed E-state index contributed by atoms with van der Waals surface area (Å²) in [6.45, 7) is 20.6. The van der Waals surface area contributed by atoms with Crippen molar-refractivity contribution in [1.29, 1.82) is 0 Å². The molecular formula is C33H55F2N7O2. The topological polar surface area (TPSA) is 85.0 Å². The smallest absolute Gasteiger partial charge is 0.280 e. The van der Waals surface area contributed by atoms with E-state index in [2.05, 4.69) is 44.2 Å². The Hall–Kier alpha value is -2.76. The van der Waals surface area contributed by atoms with E-state index in [0.29, 0.717) is 57.1 Å². The number of hydrogen-bond donors (Lipinski definition) is 3. The van der Waals surface area contributed by atoms with Crippen LogP contribution in [-0.4, -0.2) is 100.0 Å². The highest BCUT2D eigenvalue weighted by molar-refractivity contribution is 5.86. The Kier molecular flexibility index (Phi) is 13.9. The lowest BCUT2D eigenvalue weighted by atomic mass is 9.84. The number of nitrogens with one attached hydrogen (secondary N) is 3. The van der Waals surface area contributed by atoms with Gasteiger partial charge < -0.3 is 35.4 Å². The van der Waals surface area contributed by atoms with Gasteiger partial charge in [0.1, 0.15) is 17.1 Å². The van der Waals surface area contributed by atoms with Crippen molar-refractivity contribution in [3.8, 4) is 0 Å². The van der Waals surface area contributed by atoms with Crippen molar-refractivity contribution < 1.29 is 18.3 Å². The minimum absolute atomic E-state index is 0.0714. The summed E-state index contributed by atoms with van der Waals surface area (Å²) in [6, 6.07) is 2.26. The Bertz CT molecular complexity index is 1120. The number of aromatic nitrogens is 1. The molecule has 4 heterocycles. The third kappa shape index (κ3) is 8.28. The molecule has 0 aliphatic carbocycles. The van der Waals surface area contributed by atoms with Gasteiger partial charge in [-0.3, -0.25) is 4.79 Å². The van der Waals surface area contributed by atoms with Gasteiger partial charge in [-0.2, -0.15) is 0 Å².